The first-order valence-corrected chi connectivity index (χ1v) is 7.84. The summed E-state index contributed by atoms with van der Waals surface area (Å²) in [6.07, 6.45) is 3.73. The first kappa shape index (κ1) is 14.8. The molecule has 10 heteroatoms. The van der Waals surface area contributed by atoms with E-state index < -0.39 is 25.2 Å². The summed E-state index contributed by atoms with van der Waals surface area (Å²) in [5.41, 5.74) is -1.30. The predicted molar refractivity (Wildman–Crippen MR) is 72.7 cm³/mol. The summed E-state index contributed by atoms with van der Waals surface area (Å²) in [7, 11) is 0.871. The van der Waals surface area contributed by atoms with Gasteiger partial charge in [0.25, 0.3) is 14.6 Å². The predicted octanol–water partition coefficient (Wildman–Crippen LogP) is 0.561. The number of H-pyrrole nitrogens is 1. The van der Waals surface area contributed by atoms with E-state index in [0.29, 0.717) is 10.6 Å². The molecule has 0 unspecified atom stereocenters. The van der Waals surface area contributed by atoms with Gasteiger partial charge in [-0.2, -0.15) is 0 Å². The molecule has 2 aromatic heterocycles. The van der Waals surface area contributed by atoms with Crippen LogP contribution < -0.4 is 11.2 Å². The van der Waals surface area contributed by atoms with Gasteiger partial charge in [0, 0.05) is 29.3 Å². The normalized spacial score (nSPS) is 11.5. The van der Waals surface area contributed by atoms with Crippen LogP contribution >= 0.6 is 22.3 Å². The van der Waals surface area contributed by atoms with Crippen molar-refractivity contribution in [3.05, 3.63) is 56.1 Å². The van der Waals surface area contributed by atoms with Gasteiger partial charge in [0.1, 0.15) is 0 Å². The second-order valence-electron chi connectivity index (χ2n) is 3.79. The van der Waals surface area contributed by atoms with E-state index in [1.165, 1.54) is 12.4 Å². The van der Waals surface area contributed by atoms with Gasteiger partial charge in [-0.25, -0.2) is 13.2 Å². The minimum Gasteiger partial charge on any atom is -0.295 e. The Labute approximate surface area is 122 Å². The molecule has 1 N–H and O–H groups in total. The lowest BCUT2D eigenvalue weighted by atomic mass is 10.2. The van der Waals surface area contributed by atoms with Crippen LogP contribution in [0.4, 0.5) is 0 Å². The van der Waals surface area contributed by atoms with Gasteiger partial charge in [-0.3, -0.25) is 19.3 Å². The maximum absolute atomic E-state index is 11.6. The van der Waals surface area contributed by atoms with E-state index in [4.69, 9.17) is 22.3 Å². The second-order valence-corrected chi connectivity index (χ2v) is 6.73. The Morgan fingerprint density at radius 3 is 2.65 bits per heavy atom. The third-order valence-corrected chi connectivity index (χ3v) is 4.09. The molecule has 0 amide bonds. The molecule has 2 heterocycles. The molecule has 0 saturated carbocycles. The monoisotopic (exact) mass is 335 g/mol. The molecule has 0 fully saturated rings. The highest BCUT2D eigenvalue weighted by molar-refractivity contribution is 8.13. The molecule has 0 bridgehead atoms. The number of aromatic amines is 1. The summed E-state index contributed by atoms with van der Waals surface area (Å²) in [5.74, 6) is 0. The van der Waals surface area contributed by atoms with Crippen LogP contribution in [0.3, 0.4) is 0 Å². The average Bonchev–Trinajstić information content (AvgIpc) is 2.33. The zero-order chi connectivity index (χ0) is 14.9. The molecule has 7 nitrogen and oxygen atoms in total. The number of halogens is 2. The standard InChI is InChI=1S/C10H7Cl2N3O4S/c11-7-3-13-2-1-6(7)4-15-5-8(20(12,18)19)9(16)14-10(15)17/h1-3,5H,4H2,(H,14,16,17). The summed E-state index contributed by atoms with van der Waals surface area (Å²) >= 11 is 5.89. The Kier molecular flexibility index (Phi) is 3.98. The van der Waals surface area contributed by atoms with Crippen LogP contribution in [0.1, 0.15) is 5.56 Å². The van der Waals surface area contributed by atoms with Gasteiger partial charge in [-0.15, -0.1) is 0 Å². The fourth-order valence-electron chi connectivity index (χ4n) is 1.50. The lowest BCUT2D eigenvalue weighted by Gasteiger charge is -2.07. The average molecular weight is 336 g/mol. The highest BCUT2D eigenvalue weighted by Crippen LogP contribution is 2.14. The van der Waals surface area contributed by atoms with Crippen LogP contribution in [-0.2, 0) is 15.6 Å². The van der Waals surface area contributed by atoms with Crippen molar-refractivity contribution >= 4 is 31.3 Å². The van der Waals surface area contributed by atoms with Gasteiger partial charge in [0.05, 0.1) is 11.6 Å². The minimum absolute atomic E-state index is 0.0314. The van der Waals surface area contributed by atoms with Crippen LogP contribution in [0.2, 0.25) is 5.02 Å². The summed E-state index contributed by atoms with van der Waals surface area (Å²) in [6.45, 7) is -0.0314. The van der Waals surface area contributed by atoms with E-state index in [-0.39, 0.29) is 6.54 Å². The Morgan fingerprint density at radius 2 is 2.05 bits per heavy atom. The number of hydrogen-bond acceptors (Lipinski definition) is 5. The van der Waals surface area contributed by atoms with Crippen LogP contribution in [0, 0.1) is 0 Å². The van der Waals surface area contributed by atoms with Gasteiger partial charge in [-0.05, 0) is 11.6 Å². The summed E-state index contributed by atoms with van der Waals surface area (Å²) < 4.78 is 23.4. The number of aromatic nitrogens is 3. The van der Waals surface area contributed by atoms with Gasteiger partial charge in [-0.1, -0.05) is 11.6 Å². The smallest absolute Gasteiger partial charge is 0.295 e. The van der Waals surface area contributed by atoms with E-state index in [0.717, 1.165) is 10.8 Å². The lowest BCUT2D eigenvalue weighted by molar-refractivity contribution is 0.603. The van der Waals surface area contributed by atoms with E-state index in [1.54, 1.807) is 6.07 Å². The highest BCUT2D eigenvalue weighted by Gasteiger charge is 2.17. The number of pyridine rings is 1. The first-order valence-electron chi connectivity index (χ1n) is 5.16. The zero-order valence-corrected chi connectivity index (χ0v) is 12.0. The number of rotatable bonds is 3. The molecule has 0 aliphatic carbocycles. The molecular weight excluding hydrogens is 329 g/mol. The van der Waals surface area contributed by atoms with E-state index in [1.807, 2.05) is 4.98 Å². The fourth-order valence-corrected chi connectivity index (χ4v) is 2.53. The minimum atomic E-state index is -4.25. The van der Waals surface area contributed by atoms with Crippen molar-refractivity contribution in [3.8, 4) is 0 Å². The van der Waals surface area contributed by atoms with Crippen molar-refractivity contribution in [1.29, 1.82) is 0 Å². The summed E-state index contributed by atoms with van der Waals surface area (Å²) in [4.78, 5) is 28.0. The molecule has 0 spiro atoms. The van der Waals surface area contributed by atoms with Crippen LogP contribution in [0.15, 0.2) is 39.1 Å². The van der Waals surface area contributed by atoms with Gasteiger partial charge < -0.3 is 0 Å². The molecule has 2 rings (SSSR count). The van der Waals surface area contributed by atoms with E-state index in [9.17, 15) is 18.0 Å². The van der Waals surface area contributed by atoms with Crippen LogP contribution in [-0.4, -0.2) is 23.0 Å². The number of nitrogens with one attached hydrogen (secondary N) is 1. The van der Waals surface area contributed by atoms with Gasteiger partial charge in [0.2, 0.25) is 0 Å². The molecular formula is C10H7Cl2N3O4S. The highest BCUT2D eigenvalue weighted by atomic mass is 35.7. The molecule has 20 heavy (non-hydrogen) atoms. The van der Waals surface area contributed by atoms with Gasteiger partial charge in [0.15, 0.2) is 4.90 Å². The van der Waals surface area contributed by atoms with Crippen molar-refractivity contribution in [2.75, 3.05) is 0 Å². The topological polar surface area (TPSA) is 102 Å². The molecule has 2 aromatic rings. The SMILES string of the molecule is O=c1[nH]c(=O)n(Cc2ccncc2Cl)cc1S(=O)(=O)Cl. The van der Waals surface area contributed by atoms with Crippen molar-refractivity contribution < 1.29 is 8.42 Å². The van der Waals surface area contributed by atoms with Crippen molar-refractivity contribution in [1.82, 2.24) is 14.5 Å². The summed E-state index contributed by atoms with van der Waals surface area (Å²) in [6, 6.07) is 1.56. The summed E-state index contributed by atoms with van der Waals surface area (Å²) in [5, 5.41) is 0.306. The molecule has 0 saturated heterocycles. The fraction of sp³-hybridized carbons (Fsp3) is 0.100. The molecule has 0 aromatic carbocycles. The number of nitrogens with zero attached hydrogens (tertiary/aromatic N) is 2. The lowest BCUT2D eigenvalue weighted by Crippen LogP contribution is -2.32. The molecule has 106 valence electrons. The first-order chi connectivity index (χ1) is 9.29. The third-order valence-electron chi connectivity index (χ3n) is 2.44. The maximum atomic E-state index is 11.6. The van der Waals surface area contributed by atoms with Crippen molar-refractivity contribution in [3.63, 3.8) is 0 Å². The molecule has 0 atom stereocenters. The molecule has 0 aliphatic heterocycles. The Morgan fingerprint density at radius 1 is 1.35 bits per heavy atom. The number of hydrogen-bond donors (Lipinski definition) is 1. The molecule has 0 radical (unpaired) electrons. The van der Waals surface area contributed by atoms with Crippen LogP contribution in [0.5, 0.6) is 0 Å². The zero-order valence-electron chi connectivity index (χ0n) is 9.71. The third kappa shape index (κ3) is 3.09. The largest absolute Gasteiger partial charge is 0.328 e. The van der Waals surface area contributed by atoms with Crippen molar-refractivity contribution in [2.45, 2.75) is 11.4 Å². The Balaban J connectivity index is 2.57. The Bertz CT molecular complexity index is 873. The Hall–Kier alpha value is -1.64. The van der Waals surface area contributed by atoms with E-state index in [2.05, 4.69) is 4.98 Å². The molecule has 0 aliphatic rings. The maximum Gasteiger partial charge on any atom is 0.328 e. The van der Waals surface area contributed by atoms with Crippen molar-refractivity contribution in [2.24, 2.45) is 0 Å². The van der Waals surface area contributed by atoms with E-state index >= 15 is 0 Å². The van der Waals surface area contributed by atoms with Crippen LogP contribution in [0.25, 0.3) is 0 Å². The quantitative estimate of drug-likeness (QED) is 0.825. The second kappa shape index (κ2) is 5.39. The van der Waals surface area contributed by atoms with Gasteiger partial charge >= 0.3 is 5.69 Å².